The predicted octanol–water partition coefficient (Wildman–Crippen LogP) is 0.525. The van der Waals surface area contributed by atoms with Crippen LogP contribution in [-0.4, -0.2) is 30.0 Å². The normalized spacial score (nSPS) is 11.5. The highest BCUT2D eigenvalue weighted by Gasteiger charge is 2.08. The Labute approximate surface area is 93.9 Å². The fraction of sp³-hybridized carbons (Fsp3) is 0.500. The molecule has 0 aliphatic heterocycles. The summed E-state index contributed by atoms with van der Waals surface area (Å²) in [6.45, 7) is 0.188. The van der Waals surface area contributed by atoms with Gasteiger partial charge < -0.3 is 0 Å². The van der Waals surface area contributed by atoms with Crippen LogP contribution < -0.4 is 4.72 Å². The van der Waals surface area contributed by atoms with Crippen molar-refractivity contribution in [2.24, 2.45) is 0 Å². The number of sulfonamides is 1. The lowest BCUT2D eigenvalue weighted by Gasteiger charge is -2.04. The Balaban J connectivity index is 2.43. The Hall–Kier alpha value is -0.720. The summed E-state index contributed by atoms with van der Waals surface area (Å²) in [5, 5.41) is 0. The topological polar surface area (TPSA) is 72.0 Å². The van der Waals surface area contributed by atoms with E-state index in [9.17, 15) is 8.42 Å². The molecule has 0 saturated heterocycles. The van der Waals surface area contributed by atoms with Gasteiger partial charge in [0.1, 0.15) is 6.33 Å². The lowest BCUT2D eigenvalue weighted by Crippen LogP contribution is -2.26. The minimum absolute atomic E-state index is 0.0432. The largest absolute Gasteiger partial charge is 0.245 e. The molecule has 0 bridgehead atoms. The molecule has 1 aromatic heterocycles. The first kappa shape index (κ1) is 12.4. The quantitative estimate of drug-likeness (QED) is 0.747. The third-order valence-corrected chi connectivity index (χ3v) is 3.34. The molecule has 0 amide bonds. The van der Waals surface area contributed by atoms with Crippen LogP contribution in [-0.2, 0) is 16.6 Å². The number of rotatable bonds is 6. The molecule has 7 heteroatoms. The lowest BCUT2D eigenvalue weighted by atomic mass is 10.4. The molecule has 15 heavy (non-hydrogen) atoms. The highest BCUT2D eigenvalue weighted by Crippen LogP contribution is 1.95. The number of nitrogens with zero attached hydrogens (tertiary/aromatic N) is 2. The van der Waals surface area contributed by atoms with Gasteiger partial charge in [0.05, 0.1) is 18.0 Å². The Morgan fingerprint density at radius 1 is 1.47 bits per heavy atom. The minimum atomic E-state index is -3.24. The van der Waals surface area contributed by atoms with Gasteiger partial charge in [0.15, 0.2) is 0 Å². The van der Waals surface area contributed by atoms with Crippen molar-refractivity contribution >= 4 is 21.6 Å². The van der Waals surface area contributed by atoms with Gasteiger partial charge in [-0.15, -0.1) is 11.6 Å². The van der Waals surface area contributed by atoms with Crippen LogP contribution in [0.2, 0.25) is 0 Å². The molecule has 0 atom stereocenters. The Kier molecular flexibility index (Phi) is 4.93. The van der Waals surface area contributed by atoms with Crippen LogP contribution in [0.15, 0.2) is 18.6 Å². The van der Waals surface area contributed by atoms with Crippen molar-refractivity contribution in [3.05, 3.63) is 24.3 Å². The molecule has 1 N–H and O–H groups in total. The number of halogens is 1. The summed E-state index contributed by atoms with van der Waals surface area (Å²) in [5.74, 6) is 0.385. The van der Waals surface area contributed by atoms with Gasteiger partial charge in [-0.1, -0.05) is 0 Å². The van der Waals surface area contributed by atoms with Gasteiger partial charge in [-0.3, -0.25) is 0 Å². The maximum Gasteiger partial charge on any atom is 0.211 e. The second kappa shape index (κ2) is 5.99. The van der Waals surface area contributed by atoms with E-state index in [1.54, 1.807) is 12.3 Å². The smallest absolute Gasteiger partial charge is 0.211 e. The van der Waals surface area contributed by atoms with Crippen LogP contribution in [0, 0.1) is 0 Å². The molecule has 0 radical (unpaired) electrons. The maximum atomic E-state index is 11.3. The van der Waals surface area contributed by atoms with E-state index in [4.69, 9.17) is 11.6 Å². The zero-order valence-corrected chi connectivity index (χ0v) is 9.63. The van der Waals surface area contributed by atoms with Gasteiger partial charge in [-0.2, -0.15) is 0 Å². The molecule has 5 nitrogen and oxygen atoms in total. The van der Waals surface area contributed by atoms with Gasteiger partial charge in [-0.05, 0) is 12.5 Å². The molecule has 1 rings (SSSR count). The van der Waals surface area contributed by atoms with E-state index in [0.29, 0.717) is 18.0 Å². The van der Waals surface area contributed by atoms with Crippen molar-refractivity contribution in [2.75, 3.05) is 11.6 Å². The van der Waals surface area contributed by atoms with Gasteiger partial charge in [-0.25, -0.2) is 23.1 Å². The number of nitrogens with one attached hydrogen (secondary N) is 1. The molecule has 1 aromatic rings. The summed E-state index contributed by atoms with van der Waals surface area (Å²) < 4.78 is 25.1. The molecule has 0 aromatic carbocycles. The van der Waals surface area contributed by atoms with Crippen LogP contribution in [0.3, 0.4) is 0 Å². The summed E-state index contributed by atoms with van der Waals surface area (Å²) in [6.07, 6.45) is 3.39. The molecular weight excluding hydrogens is 238 g/mol. The van der Waals surface area contributed by atoms with Crippen LogP contribution in [0.25, 0.3) is 0 Å². The fourth-order valence-corrected chi connectivity index (χ4v) is 2.25. The number of alkyl halides is 1. The molecular formula is C8H12ClN3O2S. The number of hydrogen-bond acceptors (Lipinski definition) is 4. The molecule has 0 unspecified atom stereocenters. The summed E-state index contributed by atoms with van der Waals surface area (Å²) in [6, 6.07) is 1.66. The van der Waals surface area contributed by atoms with Crippen molar-refractivity contribution in [1.82, 2.24) is 14.7 Å². The lowest BCUT2D eigenvalue weighted by molar-refractivity contribution is 0.579. The Morgan fingerprint density at radius 2 is 2.27 bits per heavy atom. The predicted molar refractivity (Wildman–Crippen MR) is 58.0 cm³/mol. The van der Waals surface area contributed by atoms with Crippen LogP contribution in [0.5, 0.6) is 0 Å². The zero-order chi connectivity index (χ0) is 11.1. The number of aromatic nitrogens is 2. The summed E-state index contributed by atoms with van der Waals surface area (Å²) in [7, 11) is -3.24. The molecule has 84 valence electrons. The van der Waals surface area contributed by atoms with E-state index in [1.807, 2.05) is 0 Å². The summed E-state index contributed by atoms with van der Waals surface area (Å²) in [5.41, 5.74) is 0.638. The van der Waals surface area contributed by atoms with E-state index < -0.39 is 10.0 Å². The summed E-state index contributed by atoms with van der Waals surface area (Å²) in [4.78, 5) is 7.63. The second-order valence-corrected chi connectivity index (χ2v) is 5.19. The third kappa shape index (κ3) is 5.06. The van der Waals surface area contributed by atoms with Gasteiger partial charge >= 0.3 is 0 Å². The molecule has 0 spiro atoms. The van der Waals surface area contributed by atoms with E-state index in [-0.39, 0.29) is 12.3 Å². The van der Waals surface area contributed by atoms with Gasteiger partial charge in [0.2, 0.25) is 10.0 Å². The van der Waals surface area contributed by atoms with Crippen molar-refractivity contribution in [1.29, 1.82) is 0 Å². The maximum absolute atomic E-state index is 11.3. The highest BCUT2D eigenvalue weighted by atomic mass is 35.5. The molecule has 0 aliphatic rings. The SMILES string of the molecule is O=S(=O)(CCCCl)NCc1ccncn1. The average molecular weight is 250 g/mol. The van der Waals surface area contributed by atoms with Crippen molar-refractivity contribution < 1.29 is 8.42 Å². The van der Waals surface area contributed by atoms with Gasteiger partial charge in [0, 0.05) is 12.1 Å². The van der Waals surface area contributed by atoms with E-state index in [1.165, 1.54) is 6.33 Å². The molecule has 1 heterocycles. The van der Waals surface area contributed by atoms with E-state index >= 15 is 0 Å². The monoisotopic (exact) mass is 249 g/mol. The Bertz CT molecular complexity index is 382. The summed E-state index contributed by atoms with van der Waals surface area (Å²) >= 11 is 5.41. The average Bonchev–Trinajstić information content (AvgIpc) is 2.25. The fourth-order valence-electron chi connectivity index (χ4n) is 0.923. The van der Waals surface area contributed by atoms with Gasteiger partial charge in [0.25, 0.3) is 0 Å². The van der Waals surface area contributed by atoms with Crippen molar-refractivity contribution in [2.45, 2.75) is 13.0 Å². The van der Waals surface area contributed by atoms with E-state index in [0.717, 1.165) is 0 Å². The third-order valence-electron chi connectivity index (χ3n) is 1.66. The van der Waals surface area contributed by atoms with E-state index in [2.05, 4.69) is 14.7 Å². The van der Waals surface area contributed by atoms with Crippen LogP contribution >= 0.6 is 11.6 Å². The van der Waals surface area contributed by atoms with Crippen molar-refractivity contribution in [3.8, 4) is 0 Å². The zero-order valence-electron chi connectivity index (χ0n) is 8.06. The first-order chi connectivity index (χ1) is 7.14. The van der Waals surface area contributed by atoms with Crippen molar-refractivity contribution in [3.63, 3.8) is 0 Å². The van der Waals surface area contributed by atoms with Crippen LogP contribution in [0.4, 0.5) is 0 Å². The first-order valence-electron chi connectivity index (χ1n) is 4.42. The molecule has 0 aliphatic carbocycles. The number of hydrogen-bond donors (Lipinski definition) is 1. The highest BCUT2D eigenvalue weighted by molar-refractivity contribution is 7.89. The first-order valence-corrected chi connectivity index (χ1v) is 6.61. The minimum Gasteiger partial charge on any atom is -0.245 e. The second-order valence-electron chi connectivity index (χ2n) is 2.88. The Morgan fingerprint density at radius 3 is 2.87 bits per heavy atom. The molecule has 0 fully saturated rings. The van der Waals surface area contributed by atoms with Crippen LogP contribution in [0.1, 0.15) is 12.1 Å². The molecule has 0 saturated carbocycles. The standard InChI is InChI=1S/C8H12ClN3O2S/c9-3-1-5-15(13,14)12-6-8-2-4-10-7-11-8/h2,4,7,12H,1,3,5-6H2.